The molecule has 6 nitrogen and oxygen atoms in total. The smallest absolute Gasteiger partial charge is 0.262 e. The van der Waals surface area contributed by atoms with E-state index in [-0.39, 0.29) is 12.5 Å². The number of ether oxygens (including phenoxy) is 1. The number of pyridine rings is 1. The topological polar surface area (TPSA) is 66.8 Å². The molecule has 2 aromatic rings. The van der Waals surface area contributed by atoms with Gasteiger partial charge in [-0.1, -0.05) is 23.9 Å². The van der Waals surface area contributed by atoms with E-state index < -0.39 is 0 Å². The Balaban J connectivity index is 1.34. The summed E-state index contributed by atoms with van der Waals surface area (Å²) >= 11 is 1.66. The molecule has 1 amide bonds. The van der Waals surface area contributed by atoms with Crippen LogP contribution in [-0.4, -0.2) is 40.7 Å². The third-order valence-corrected chi connectivity index (χ3v) is 4.74. The molecule has 1 aromatic heterocycles. The minimum Gasteiger partial charge on any atom is -0.482 e. The van der Waals surface area contributed by atoms with Crippen LogP contribution in [0.5, 0.6) is 5.75 Å². The van der Waals surface area contributed by atoms with E-state index in [9.17, 15) is 4.79 Å². The molecule has 4 rings (SSSR count). The number of rotatable bonds is 5. The first kappa shape index (κ1) is 15.7. The lowest BCUT2D eigenvalue weighted by Gasteiger charge is -2.16. The van der Waals surface area contributed by atoms with Crippen LogP contribution in [0.2, 0.25) is 0 Å². The minimum atomic E-state index is -0.207. The Morgan fingerprint density at radius 3 is 2.96 bits per heavy atom. The number of carbonyl (C=O) groups excluding carboxylic acids is 1. The molecule has 126 valence electrons. The van der Waals surface area contributed by atoms with Crippen LogP contribution in [-0.2, 0) is 4.79 Å². The van der Waals surface area contributed by atoms with Crippen LogP contribution >= 0.6 is 11.8 Å². The second kappa shape index (κ2) is 6.98. The van der Waals surface area contributed by atoms with Gasteiger partial charge in [-0.2, -0.15) is 0 Å². The quantitative estimate of drug-likeness (QED) is 0.896. The largest absolute Gasteiger partial charge is 0.482 e. The van der Waals surface area contributed by atoms with Gasteiger partial charge in [-0.3, -0.25) is 14.8 Å². The first-order valence-electron chi connectivity index (χ1n) is 7.91. The second-order valence-corrected chi connectivity index (χ2v) is 6.38. The van der Waals surface area contributed by atoms with Crippen molar-refractivity contribution in [2.45, 2.75) is 0 Å². The van der Waals surface area contributed by atoms with E-state index in [4.69, 9.17) is 4.74 Å². The number of amidine groups is 1. The second-order valence-electron chi connectivity index (χ2n) is 5.54. The van der Waals surface area contributed by atoms with Crippen molar-refractivity contribution in [2.75, 3.05) is 25.0 Å². The lowest BCUT2D eigenvalue weighted by molar-refractivity contribution is -0.118. The number of amides is 1. The van der Waals surface area contributed by atoms with E-state index in [0.29, 0.717) is 5.75 Å². The molecular formula is C18H16N4O2S. The molecule has 2 aliphatic heterocycles. The maximum atomic E-state index is 12.0. The summed E-state index contributed by atoms with van der Waals surface area (Å²) in [5.74, 6) is 0.364. The third-order valence-electron chi connectivity index (χ3n) is 3.84. The fraction of sp³-hybridized carbons (Fsp3) is 0.167. The first-order valence-corrected chi connectivity index (χ1v) is 8.79. The lowest BCUT2D eigenvalue weighted by atomic mass is 10.1. The monoisotopic (exact) mass is 352 g/mol. The highest BCUT2D eigenvalue weighted by Crippen LogP contribution is 2.35. The number of hydrogen-bond donors (Lipinski definition) is 1. The van der Waals surface area contributed by atoms with Crippen molar-refractivity contribution in [3.05, 3.63) is 59.8 Å². The van der Waals surface area contributed by atoms with Gasteiger partial charge in [-0.25, -0.2) is 0 Å². The van der Waals surface area contributed by atoms with Gasteiger partial charge >= 0.3 is 0 Å². The third kappa shape index (κ3) is 3.51. The Morgan fingerprint density at radius 2 is 2.16 bits per heavy atom. The number of aliphatic imine (C=N–C) groups is 1. The van der Waals surface area contributed by atoms with Gasteiger partial charge in [-0.05, 0) is 29.8 Å². The van der Waals surface area contributed by atoms with Crippen molar-refractivity contribution in [3.8, 4) is 5.75 Å². The summed E-state index contributed by atoms with van der Waals surface area (Å²) in [6.45, 7) is 1.73. The average Bonchev–Trinajstić information content (AvgIpc) is 3.25. The Hall–Kier alpha value is -2.80. The molecule has 0 bridgehead atoms. The van der Waals surface area contributed by atoms with E-state index in [1.54, 1.807) is 36.3 Å². The van der Waals surface area contributed by atoms with Gasteiger partial charge in [0.25, 0.3) is 5.91 Å². The number of nitrogens with one attached hydrogen (secondary N) is 1. The van der Waals surface area contributed by atoms with Crippen LogP contribution in [0, 0.1) is 0 Å². The molecule has 0 spiro atoms. The zero-order chi connectivity index (χ0) is 17.1. The molecule has 0 atom stereocenters. The van der Waals surface area contributed by atoms with Crippen LogP contribution in [0.15, 0.2) is 59.2 Å². The zero-order valence-electron chi connectivity index (χ0n) is 13.4. The van der Waals surface area contributed by atoms with Crippen molar-refractivity contribution in [1.29, 1.82) is 0 Å². The molecule has 7 heteroatoms. The van der Waals surface area contributed by atoms with Crippen molar-refractivity contribution in [3.63, 3.8) is 0 Å². The summed E-state index contributed by atoms with van der Waals surface area (Å²) < 4.78 is 5.39. The summed E-state index contributed by atoms with van der Waals surface area (Å²) in [5, 5.41) is 6.02. The van der Waals surface area contributed by atoms with E-state index >= 15 is 0 Å². The highest BCUT2D eigenvalue weighted by molar-refractivity contribution is 8.16. The highest BCUT2D eigenvalue weighted by Gasteiger charge is 2.26. The number of aromatic nitrogens is 1. The molecule has 25 heavy (non-hydrogen) atoms. The standard InChI is InChI=1S/C18H16N4O2S/c23-17(11-24-15-2-1-7-19-10-15)21-14-5-3-13(4-6-14)16-12-25-18-20-8-9-22(16)18/h1-7,10,12H,8-9,11H2,(H,21,23). The Morgan fingerprint density at radius 1 is 1.28 bits per heavy atom. The maximum absolute atomic E-state index is 12.0. The van der Waals surface area contributed by atoms with Crippen LogP contribution < -0.4 is 10.1 Å². The Kier molecular flexibility index (Phi) is 4.39. The van der Waals surface area contributed by atoms with Gasteiger partial charge in [-0.15, -0.1) is 0 Å². The molecule has 0 saturated carbocycles. The van der Waals surface area contributed by atoms with E-state index in [1.165, 1.54) is 5.70 Å². The van der Waals surface area contributed by atoms with E-state index in [0.717, 1.165) is 29.5 Å². The number of hydrogen-bond acceptors (Lipinski definition) is 6. The molecule has 0 radical (unpaired) electrons. The molecule has 1 N–H and O–H groups in total. The number of nitrogens with zero attached hydrogens (tertiary/aromatic N) is 3. The Labute approximate surface area is 149 Å². The van der Waals surface area contributed by atoms with Crippen molar-refractivity contribution >= 4 is 34.2 Å². The summed E-state index contributed by atoms with van der Waals surface area (Å²) in [5.41, 5.74) is 3.02. The van der Waals surface area contributed by atoms with Crippen LogP contribution in [0.4, 0.5) is 5.69 Å². The summed E-state index contributed by atoms with van der Waals surface area (Å²) in [6.07, 6.45) is 3.23. The molecule has 1 aromatic carbocycles. The van der Waals surface area contributed by atoms with Gasteiger partial charge in [0.05, 0.1) is 18.4 Å². The van der Waals surface area contributed by atoms with Crippen molar-refractivity contribution in [1.82, 2.24) is 9.88 Å². The highest BCUT2D eigenvalue weighted by atomic mass is 32.2. The van der Waals surface area contributed by atoms with Gasteiger partial charge in [0.1, 0.15) is 5.75 Å². The maximum Gasteiger partial charge on any atom is 0.262 e. The van der Waals surface area contributed by atoms with E-state index in [2.05, 4.69) is 25.6 Å². The lowest BCUT2D eigenvalue weighted by Crippen LogP contribution is -2.21. The predicted octanol–water partition coefficient (Wildman–Crippen LogP) is 2.82. The first-order chi connectivity index (χ1) is 12.3. The summed E-state index contributed by atoms with van der Waals surface area (Å²) in [4.78, 5) is 22.6. The summed E-state index contributed by atoms with van der Waals surface area (Å²) in [7, 11) is 0. The molecule has 3 heterocycles. The van der Waals surface area contributed by atoms with Gasteiger partial charge in [0, 0.05) is 23.8 Å². The molecule has 0 saturated heterocycles. The minimum absolute atomic E-state index is 0.0527. The number of fused-ring (bicyclic) bond motifs is 1. The van der Waals surface area contributed by atoms with E-state index in [1.807, 2.05) is 24.3 Å². The normalized spacial score (nSPS) is 15.4. The van der Waals surface area contributed by atoms with Crippen LogP contribution in [0.3, 0.4) is 0 Å². The van der Waals surface area contributed by atoms with Gasteiger partial charge in [0.2, 0.25) is 0 Å². The van der Waals surface area contributed by atoms with Crippen molar-refractivity contribution < 1.29 is 9.53 Å². The number of carbonyl (C=O) groups is 1. The number of anilines is 1. The van der Waals surface area contributed by atoms with Gasteiger partial charge in [0.15, 0.2) is 11.8 Å². The number of benzene rings is 1. The molecule has 0 aliphatic carbocycles. The van der Waals surface area contributed by atoms with Crippen LogP contribution in [0.1, 0.15) is 5.56 Å². The van der Waals surface area contributed by atoms with Gasteiger partial charge < -0.3 is 15.0 Å². The molecule has 0 fully saturated rings. The molecule has 2 aliphatic rings. The summed E-state index contributed by atoms with van der Waals surface area (Å²) in [6, 6.07) is 11.3. The Bertz CT molecular complexity index is 834. The fourth-order valence-electron chi connectivity index (χ4n) is 2.65. The SMILES string of the molecule is O=C(COc1cccnc1)Nc1ccc(C2=CSC3=NCCN23)cc1. The fourth-order valence-corrected chi connectivity index (χ4v) is 3.61. The molecule has 0 unspecified atom stereocenters. The van der Waals surface area contributed by atoms with Crippen LogP contribution in [0.25, 0.3) is 5.70 Å². The zero-order valence-corrected chi connectivity index (χ0v) is 14.2. The average molecular weight is 352 g/mol. The number of thioether (sulfide) groups is 1. The predicted molar refractivity (Wildman–Crippen MR) is 99.4 cm³/mol. The van der Waals surface area contributed by atoms with Crippen molar-refractivity contribution in [2.24, 2.45) is 4.99 Å². The molecular weight excluding hydrogens is 336 g/mol.